The summed E-state index contributed by atoms with van der Waals surface area (Å²) in [5, 5.41) is 8.38. The highest BCUT2D eigenvalue weighted by molar-refractivity contribution is 5.15. The van der Waals surface area contributed by atoms with Gasteiger partial charge in [0, 0.05) is 6.08 Å². The molecule has 122 valence electrons. The van der Waals surface area contributed by atoms with Gasteiger partial charge in [0.25, 0.3) is 0 Å². The van der Waals surface area contributed by atoms with Gasteiger partial charge >= 0.3 is 0 Å². The Bertz CT molecular complexity index is 548. The average molecular weight is 313 g/mol. The third kappa shape index (κ3) is 6.80. The van der Waals surface area contributed by atoms with Crippen LogP contribution in [0.1, 0.15) is 44.1 Å². The molecule has 0 spiro atoms. The zero-order chi connectivity index (χ0) is 16.3. The molecule has 1 aliphatic rings. The van der Waals surface area contributed by atoms with Crippen molar-refractivity contribution in [3.8, 4) is 6.07 Å². The first-order valence-corrected chi connectivity index (χ1v) is 8.35. The first kappa shape index (κ1) is 17.4. The summed E-state index contributed by atoms with van der Waals surface area (Å²) in [5.74, 6) is 0.580. The molecule has 3 heteroatoms. The molecule has 0 bridgehead atoms. The van der Waals surface area contributed by atoms with E-state index in [1.54, 1.807) is 18.2 Å². The van der Waals surface area contributed by atoms with Gasteiger partial charge in [0.2, 0.25) is 0 Å². The van der Waals surface area contributed by atoms with Gasteiger partial charge in [-0.15, -0.1) is 0 Å². The predicted octanol–water partition coefficient (Wildman–Crippen LogP) is 5.32. The Labute approximate surface area is 138 Å². The van der Waals surface area contributed by atoms with Gasteiger partial charge in [0.15, 0.2) is 0 Å². The molecule has 1 aromatic rings. The maximum atomic E-state index is 12.8. The van der Waals surface area contributed by atoms with Crippen LogP contribution in [0.5, 0.6) is 0 Å². The third-order valence-corrected chi connectivity index (χ3v) is 4.35. The molecule has 0 radical (unpaired) electrons. The van der Waals surface area contributed by atoms with Gasteiger partial charge in [-0.3, -0.25) is 0 Å². The van der Waals surface area contributed by atoms with E-state index in [1.165, 1.54) is 37.5 Å². The standard InChI is InChI=1S/C20H24FNO/c21-19-11-7-18(8-12-19)16-23-20-13-9-17(10-14-20)6-4-2-1-3-5-15-22/h1-3,5,7-8,11-12,17,20H,4,6,9-10,13-14,16H2. The lowest BCUT2D eigenvalue weighted by atomic mass is 9.84. The maximum Gasteiger partial charge on any atom is 0.123 e. The highest BCUT2D eigenvalue weighted by atomic mass is 19.1. The summed E-state index contributed by atoms with van der Waals surface area (Å²) in [6.45, 7) is 0.573. The van der Waals surface area contributed by atoms with Gasteiger partial charge in [-0.1, -0.05) is 30.4 Å². The molecule has 0 N–H and O–H groups in total. The summed E-state index contributed by atoms with van der Waals surface area (Å²) in [7, 11) is 0. The van der Waals surface area contributed by atoms with Gasteiger partial charge < -0.3 is 4.74 Å². The van der Waals surface area contributed by atoms with Crippen LogP contribution in [0.3, 0.4) is 0 Å². The molecule has 1 aromatic carbocycles. The van der Waals surface area contributed by atoms with Crippen molar-refractivity contribution < 1.29 is 9.13 Å². The average Bonchev–Trinajstić information content (AvgIpc) is 2.58. The molecule has 2 rings (SSSR count). The van der Waals surface area contributed by atoms with Crippen molar-refractivity contribution in [2.24, 2.45) is 5.92 Å². The lowest BCUT2D eigenvalue weighted by Crippen LogP contribution is -2.21. The van der Waals surface area contributed by atoms with Crippen molar-refractivity contribution in [1.29, 1.82) is 5.26 Å². The summed E-state index contributed by atoms with van der Waals surface area (Å²) in [6, 6.07) is 8.51. The van der Waals surface area contributed by atoms with Crippen molar-refractivity contribution in [3.63, 3.8) is 0 Å². The molecule has 0 aliphatic heterocycles. The van der Waals surface area contributed by atoms with E-state index < -0.39 is 0 Å². The van der Waals surface area contributed by atoms with Crippen LogP contribution in [0.25, 0.3) is 0 Å². The van der Waals surface area contributed by atoms with E-state index in [1.807, 2.05) is 12.1 Å². The first-order valence-electron chi connectivity index (χ1n) is 8.35. The quantitative estimate of drug-likeness (QED) is 0.504. The Kier molecular flexibility index (Phi) is 7.56. The number of hydrogen-bond donors (Lipinski definition) is 0. The Morgan fingerprint density at radius 3 is 2.57 bits per heavy atom. The van der Waals surface area contributed by atoms with Crippen molar-refractivity contribution in [2.45, 2.75) is 51.2 Å². The summed E-state index contributed by atoms with van der Waals surface area (Å²) in [5.41, 5.74) is 1.03. The zero-order valence-electron chi connectivity index (χ0n) is 13.5. The molecule has 2 nitrogen and oxygen atoms in total. The number of halogens is 1. The number of nitrogens with zero attached hydrogens (tertiary/aromatic N) is 1. The van der Waals surface area contributed by atoms with E-state index in [0.29, 0.717) is 12.7 Å². The second-order valence-corrected chi connectivity index (χ2v) is 6.07. The van der Waals surface area contributed by atoms with E-state index in [0.717, 1.165) is 30.7 Å². The summed E-state index contributed by atoms with van der Waals surface area (Å²) < 4.78 is 18.8. The summed E-state index contributed by atoms with van der Waals surface area (Å²) >= 11 is 0. The van der Waals surface area contributed by atoms with E-state index in [4.69, 9.17) is 10.00 Å². The molecule has 1 saturated carbocycles. The fraction of sp³-hybridized carbons (Fsp3) is 0.450. The minimum atomic E-state index is -0.202. The Hall–Kier alpha value is -1.92. The largest absolute Gasteiger partial charge is 0.374 e. The van der Waals surface area contributed by atoms with Gasteiger partial charge in [0.05, 0.1) is 18.8 Å². The number of nitriles is 1. The van der Waals surface area contributed by atoms with Gasteiger partial charge in [0.1, 0.15) is 5.82 Å². The van der Waals surface area contributed by atoms with Crippen LogP contribution in [0.15, 0.2) is 48.6 Å². The Morgan fingerprint density at radius 1 is 1.13 bits per heavy atom. The number of hydrogen-bond acceptors (Lipinski definition) is 2. The monoisotopic (exact) mass is 313 g/mol. The fourth-order valence-electron chi connectivity index (χ4n) is 2.99. The van der Waals surface area contributed by atoms with Crippen molar-refractivity contribution >= 4 is 0 Å². The van der Waals surface area contributed by atoms with Crippen molar-refractivity contribution in [2.75, 3.05) is 0 Å². The second kappa shape index (κ2) is 9.97. The predicted molar refractivity (Wildman–Crippen MR) is 90.1 cm³/mol. The zero-order valence-corrected chi connectivity index (χ0v) is 13.5. The van der Waals surface area contributed by atoms with Gasteiger partial charge in [-0.25, -0.2) is 4.39 Å². The van der Waals surface area contributed by atoms with Crippen LogP contribution in [0.2, 0.25) is 0 Å². The molecule has 0 heterocycles. The fourth-order valence-corrected chi connectivity index (χ4v) is 2.99. The maximum absolute atomic E-state index is 12.8. The molecule has 1 aliphatic carbocycles. The molecule has 1 fully saturated rings. The van der Waals surface area contributed by atoms with Crippen molar-refractivity contribution in [1.82, 2.24) is 0 Å². The second-order valence-electron chi connectivity index (χ2n) is 6.07. The molecule has 23 heavy (non-hydrogen) atoms. The molecular formula is C20H24FNO. The molecular weight excluding hydrogens is 289 g/mol. The smallest absolute Gasteiger partial charge is 0.123 e. The number of rotatable bonds is 7. The highest BCUT2D eigenvalue weighted by Gasteiger charge is 2.21. The molecule has 0 atom stereocenters. The van der Waals surface area contributed by atoms with E-state index in [9.17, 15) is 4.39 Å². The molecule has 0 saturated heterocycles. The van der Waals surface area contributed by atoms with Crippen LogP contribution in [-0.2, 0) is 11.3 Å². The molecule has 0 amide bonds. The van der Waals surface area contributed by atoms with Crippen LogP contribution in [0, 0.1) is 23.1 Å². The first-order chi connectivity index (χ1) is 11.3. The number of benzene rings is 1. The van der Waals surface area contributed by atoms with Crippen LogP contribution in [0.4, 0.5) is 4.39 Å². The number of ether oxygens (including phenoxy) is 1. The van der Waals surface area contributed by atoms with Gasteiger partial charge in [-0.05, 0) is 62.1 Å². The topological polar surface area (TPSA) is 33.0 Å². The lowest BCUT2D eigenvalue weighted by Gasteiger charge is -2.28. The SMILES string of the molecule is N#CC=CC=CCCC1CCC(OCc2ccc(F)cc2)CC1. The minimum absolute atomic E-state index is 0.202. The summed E-state index contributed by atoms with van der Waals surface area (Å²) in [4.78, 5) is 0. The molecule has 0 aromatic heterocycles. The highest BCUT2D eigenvalue weighted by Crippen LogP contribution is 2.30. The minimum Gasteiger partial charge on any atom is -0.374 e. The van der Waals surface area contributed by atoms with Crippen LogP contribution in [-0.4, -0.2) is 6.10 Å². The van der Waals surface area contributed by atoms with Crippen LogP contribution >= 0.6 is 0 Å². The van der Waals surface area contributed by atoms with Crippen molar-refractivity contribution in [3.05, 3.63) is 60.0 Å². The van der Waals surface area contributed by atoms with E-state index in [2.05, 4.69) is 6.08 Å². The summed E-state index contributed by atoms with van der Waals surface area (Å²) in [6.07, 6.45) is 14.6. The normalized spacial score (nSPS) is 21.7. The van der Waals surface area contributed by atoms with E-state index in [-0.39, 0.29) is 5.82 Å². The Morgan fingerprint density at radius 2 is 1.87 bits per heavy atom. The van der Waals surface area contributed by atoms with E-state index >= 15 is 0 Å². The van der Waals surface area contributed by atoms with Gasteiger partial charge in [-0.2, -0.15) is 5.26 Å². The Balaban J connectivity index is 1.60. The third-order valence-electron chi connectivity index (χ3n) is 4.35. The number of allylic oxidation sites excluding steroid dienone is 4. The van der Waals surface area contributed by atoms with Crippen LogP contribution < -0.4 is 0 Å². The molecule has 0 unspecified atom stereocenters. The lowest BCUT2D eigenvalue weighted by molar-refractivity contribution is 0.00645.